The van der Waals surface area contributed by atoms with Crippen molar-refractivity contribution in [3.05, 3.63) is 127 Å². The summed E-state index contributed by atoms with van der Waals surface area (Å²) >= 11 is 0. The number of aliphatic hydroxyl groups is 1. The summed E-state index contributed by atoms with van der Waals surface area (Å²) in [7, 11) is -2.23. The van der Waals surface area contributed by atoms with Crippen LogP contribution >= 0.6 is 7.26 Å². The molecule has 0 spiro atoms. The van der Waals surface area contributed by atoms with Gasteiger partial charge in [-0.2, -0.15) is 0 Å². The number of hydrogen-bond donors (Lipinski definition) is 1. The second-order valence-corrected chi connectivity index (χ2v) is 12.2. The Morgan fingerprint density at radius 1 is 0.533 bits per heavy atom. The monoisotopic (exact) mass is 411 g/mol. The number of benzene rings is 4. The molecule has 4 aromatic carbocycles. The first kappa shape index (κ1) is 20.5. The molecule has 1 unspecified atom stereocenters. The lowest BCUT2D eigenvalue weighted by Gasteiger charge is -2.43. The maximum absolute atomic E-state index is 11.8. The normalized spacial score (nSPS) is 13.0. The van der Waals surface area contributed by atoms with E-state index >= 15 is 0 Å². The zero-order chi connectivity index (χ0) is 21.0. The van der Waals surface area contributed by atoms with Crippen molar-refractivity contribution in [2.24, 2.45) is 0 Å². The van der Waals surface area contributed by atoms with Gasteiger partial charge in [-0.05, 0) is 55.8 Å². The van der Waals surface area contributed by atoms with E-state index in [1.54, 1.807) is 0 Å². The van der Waals surface area contributed by atoms with Crippen molar-refractivity contribution < 1.29 is 5.11 Å². The van der Waals surface area contributed by atoms with Crippen molar-refractivity contribution in [1.82, 2.24) is 0 Å². The molecule has 4 rings (SSSR count). The predicted molar refractivity (Wildman–Crippen MR) is 131 cm³/mol. The fourth-order valence-electron chi connectivity index (χ4n) is 4.63. The second-order valence-electron chi connectivity index (χ2n) is 8.14. The summed E-state index contributed by atoms with van der Waals surface area (Å²) < 4.78 is 0. The zero-order valence-electron chi connectivity index (χ0n) is 17.5. The van der Waals surface area contributed by atoms with Gasteiger partial charge in [-0.15, -0.1) is 0 Å². The Labute approximate surface area is 180 Å². The van der Waals surface area contributed by atoms with Gasteiger partial charge >= 0.3 is 0 Å². The Balaban J connectivity index is 2.07. The van der Waals surface area contributed by atoms with Crippen LogP contribution in [-0.4, -0.2) is 10.3 Å². The van der Waals surface area contributed by atoms with Gasteiger partial charge in [-0.25, -0.2) is 0 Å². The Morgan fingerprint density at radius 2 is 0.833 bits per heavy atom. The van der Waals surface area contributed by atoms with Crippen LogP contribution in [0.2, 0.25) is 0 Å². The molecule has 0 aromatic heterocycles. The molecule has 4 aromatic rings. The maximum Gasteiger partial charge on any atom is 0.120 e. The van der Waals surface area contributed by atoms with E-state index in [9.17, 15) is 5.11 Å². The van der Waals surface area contributed by atoms with Gasteiger partial charge in [0.15, 0.2) is 0 Å². The highest BCUT2D eigenvalue weighted by Crippen LogP contribution is 2.69. The zero-order valence-corrected chi connectivity index (χ0v) is 18.4. The first-order chi connectivity index (χ1) is 14.6. The lowest BCUT2D eigenvalue weighted by Crippen LogP contribution is -2.47. The minimum absolute atomic E-state index is 0.446. The molecule has 0 heterocycles. The molecule has 0 aliphatic carbocycles. The van der Waals surface area contributed by atoms with E-state index in [1.165, 1.54) is 15.9 Å². The van der Waals surface area contributed by atoms with Gasteiger partial charge in [0.05, 0.1) is 0 Å². The quantitative estimate of drug-likeness (QED) is 0.416. The van der Waals surface area contributed by atoms with E-state index in [0.29, 0.717) is 0 Å². The van der Waals surface area contributed by atoms with E-state index in [0.717, 1.165) is 5.56 Å². The summed E-state index contributed by atoms with van der Waals surface area (Å²) in [4.78, 5) is 0. The summed E-state index contributed by atoms with van der Waals surface area (Å²) in [6, 6.07) is 42.3. The molecular weight excluding hydrogens is 383 g/mol. The Bertz CT molecular complexity index is 964. The average molecular weight is 412 g/mol. The van der Waals surface area contributed by atoms with Crippen molar-refractivity contribution >= 4 is 23.2 Å². The molecule has 0 aliphatic heterocycles. The molecule has 2 heteroatoms. The molecule has 0 aliphatic rings. The van der Waals surface area contributed by atoms with Crippen LogP contribution < -0.4 is 15.9 Å². The van der Waals surface area contributed by atoms with Gasteiger partial charge in [0.25, 0.3) is 0 Å². The highest BCUT2D eigenvalue weighted by atomic mass is 31.2. The lowest BCUT2D eigenvalue weighted by atomic mass is 9.98. The number of aliphatic hydroxyl groups excluding tert-OH is 1. The molecule has 0 saturated heterocycles. The molecule has 1 N–H and O–H groups in total. The Kier molecular flexibility index (Phi) is 5.86. The molecule has 1 nitrogen and oxygen atoms in total. The van der Waals surface area contributed by atoms with Gasteiger partial charge in [-0.3, -0.25) is 0 Å². The van der Waals surface area contributed by atoms with E-state index < -0.39 is 18.5 Å². The third kappa shape index (κ3) is 3.39. The van der Waals surface area contributed by atoms with Crippen molar-refractivity contribution in [3.8, 4) is 0 Å². The molecule has 0 bridgehead atoms. The largest absolute Gasteiger partial charge is 0.384 e. The smallest absolute Gasteiger partial charge is 0.120 e. The SMILES string of the molecule is CC(C)(C(O)c1ccccc1)[P+](c1ccccc1)(c1ccccc1)c1ccccc1. The predicted octanol–water partition coefficient (Wildman–Crippen LogP) is 5.49. The molecule has 0 amide bonds. The van der Waals surface area contributed by atoms with Gasteiger partial charge in [0.2, 0.25) is 0 Å². The summed E-state index contributed by atoms with van der Waals surface area (Å²) in [5.41, 5.74) is 0.953. The first-order valence-corrected chi connectivity index (χ1v) is 12.2. The van der Waals surface area contributed by atoms with Crippen LogP contribution in [-0.2, 0) is 0 Å². The van der Waals surface area contributed by atoms with E-state index in [2.05, 4.69) is 105 Å². The highest BCUT2D eigenvalue weighted by Gasteiger charge is 2.61. The van der Waals surface area contributed by atoms with Crippen molar-refractivity contribution in [2.45, 2.75) is 25.1 Å². The Morgan fingerprint density at radius 3 is 1.17 bits per heavy atom. The lowest BCUT2D eigenvalue weighted by molar-refractivity contribution is 0.141. The first-order valence-electron chi connectivity index (χ1n) is 10.4. The van der Waals surface area contributed by atoms with E-state index in [-0.39, 0.29) is 0 Å². The van der Waals surface area contributed by atoms with Crippen LogP contribution in [0.25, 0.3) is 0 Å². The third-order valence-corrected chi connectivity index (χ3v) is 11.3. The van der Waals surface area contributed by atoms with Gasteiger partial charge in [-0.1, -0.05) is 84.9 Å². The van der Waals surface area contributed by atoms with Gasteiger partial charge in [0.1, 0.15) is 34.4 Å². The van der Waals surface area contributed by atoms with Crippen LogP contribution in [0, 0.1) is 0 Å². The molecule has 0 radical (unpaired) electrons. The summed E-state index contributed by atoms with van der Waals surface area (Å²) in [5, 5.41) is 15.2. The van der Waals surface area contributed by atoms with Gasteiger partial charge < -0.3 is 5.11 Å². The summed E-state index contributed by atoms with van der Waals surface area (Å²) in [6.45, 7) is 4.46. The van der Waals surface area contributed by atoms with Crippen LogP contribution in [0.15, 0.2) is 121 Å². The van der Waals surface area contributed by atoms with Crippen molar-refractivity contribution in [1.29, 1.82) is 0 Å². The van der Waals surface area contributed by atoms with Crippen LogP contribution in [0.3, 0.4) is 0 Å². The Hall–Kier alpha value is -2.73. The van der Waals surface area contributed by atoms with Crippen LogP contribution in [0.5, 0.6) is 0 Å². The third-order valence-electron chi connectivity index (χ3n) is 6.08. The highest BCUT2D eigenvalue weighted by molar-refractivity contribution is 7.96. The molecule has 1 atom stereocenters. The molecular formula is C28H28OP+. The molecule has 30 heavy (non-hydrogen) atoms. The van der Waals surface area contributed by atoms with Crippen molar-refractivity contribution in [3.63, 3.8) is 0 Å². The second kappa shape index (κ2) is 8.56. The molecule has 0 saturated carbocycles. The fourth-order valence-corrected chi connectivity index (χ4v) is 9.89. The fraction of sp³-hybridized carbons (Fsp3) is 0.143. The summed E-state index contributed by atoms with van der Waals surface area (Å²) in [6.07, 6.45) is -0.618. The number of hydrogen-bond acceptors (Lipinski definition) is 1. The van der Waals surface area contributed by atoms with Crippen molar-refractivity contribution in [2.75, 3.05) is 0 Å². The minimum atomic E-state index is -2.23. The maximum atomic E-state index is 11.8. The molecule has 150 valence electrons. The standard InChI is InChI=1S/C28H28OP/c1-28(2,27(29)23-15-7-3-8-16-23)30(24-17-9-4-10-18-24,25-19-11-5-12-20-25)26-21-13-6-14-22-26/h3-22,27,29H,1-2H3/q+1. The van der Waals surface area contributed by atoms with E-state index in [1.807, 2.05) is 30.3 Å². The van der Waals surface area contributed by atoms with E-state index in [4.69, 9.17) is 0 Å². The molecule has 0 fully saturated rings. The van der Waals surface area contributed by atoms with Crippen LogP contribution in [0.1, 0.15) is 25.5 Å². The summed E-state index contributed by atoms with van der Waals surface area (Å²) in [5.74, 6) is 0. The minimum Gasteiger partial charge on any atom is -0.384 e. The van der Waals surface area contributed by atoms with Crippen LogP contribution in [0.4, 0.5) is 0 Å². The van der Waals surface area contributed by atoms with Gasteiger partial charge in [0, 0.05) is 0 Å². The average Bonchev–Trinajstić information content (AvgIpc) is 2.81. The topological polar surface area (TPSA) is 20.2 Å². The number of rotatable bonds is 6.